The molecule has 1 aliphatic rings. The average molecular weight is 364 g/mol. The molecule has 4 heterocycles. The molecular weight excluding hydrogens is 352 g/mol. The summed E-state index contributed by atoms with van der Waals surface area (Å²) in [7, 11) is 0. The Balaban J connectivity index is 1.28. The Bertz CT molecular complexity index is 1150. The van der Waals surface area contributed by atoms with Gasteiger partial charge in [0.15, 0.2) is 23.0 Å². The number of aromatic amines is 1. The predicted octanol–water partition coefficient (Wildman–Crippen LogP) is 1.67. The van der Waals surface area contributed by atoms with Crippen molar-refractivity contribution in [1.29, 1.82) is 0 Å². The smallest absolute Gasteiger partial charge is 0.270 e. The van der Waals surface area contributed by atoms with E-state index in [4.69, 9.17) is 14.0 Å². The van der Waals surface area contributed by atoms with Crippen LogP contribution in [0.5, 0.6) is 11.5 Å². The summed E-state index contributed by atoms with van der Waals surface area (Å²) in [6.45, 7) is 0.299. The Labute approximate surface area is 151 Å². The van der Waals surface area contributed by atoms with Gasteiger partial charge in [0.2, 0.25) is 6.79 Å². The molecule has 0 saturated carbocycles. The Morgan fingerprint density at radius 1 is 1.15 bits per heavy atom. The second kappa shape index (κ2) is 6.09. The Morgan fingerprint density at radius 3 is 3.04 bits per heavy atom. The van der Waals surface area contributed by atoms with Crippen LogP contribution in [0.1, 0.15) is 16.3 Å². The zero-order valence-corrected chi connectivity index (χ0v) is 13.8. The molecule has 5 rings (SSSR count). The zero-order valence-electron chi connectivity index (χ0n) is 13.8. The lowest BCUT2D eigenvalue weighted by molar-refractivity contribution is 0.0945. The molecule has 1 aliphatic heterocycles. The van der Waals surface area contributed by atoms with Gasteiger partial charge in [-0.15, -0.1) is 0 Å². The van der Waals surface area contributed by atoms with Crippen LogP contribution < -0.4 is 14.8 Å². The molecule has 0 fully saturated rings. The number of carbonyl (C=O) groups is 1. The van der Waals surface area contributed by atoms with Crippen molar-refractivity contribution in [3.63, 3.8) is 0 Å². The van der Waals surface area contributed by atoms with Crippen LogP contribution in [0.25, 0.3) is 22.5 Å². The van der Waals surface area contributed by atoms with Gasteiger partial charge >= 0.3 is 0 Å². The highest BCUT2D eigenvalue weighted by atomic mass is 16.7. The highest BCUT2D eigenvalue weighted by Crippen LogP contribution is 2.35. The number of ether oxygens (including phenoxy) is 2. The normalized spacial score (nSPS) is 12.4. The summed E-state index contributed by atoms with van der Waals surface area (Å²) in [5.74, 6) is 1.63. The molecule has 0 saturated heterocycles. The average Bonchev–Trinajstić information content (AvgIpc) is 3.44. The zero-order chi connectivity index (χ0) is 18.2. The number of amides is 1. The molecule has 0 radical (unpaired) electrons. The lowest BCUT2D eigenvalue weighted by Crippen LogP contribution is -2.24. The topological polar surface area (TPSA) is 128 Å². The highest BCUT2D eigenvalue weighted by Gasteiger charge is 2.17. The maximum Gasteiger partial charge on any atom is 0.270 e. The van der Waals surface area contributed by atoms with Crippen LogP contribution in [0.4, 0.5) is 0 Å². The van der Waals surface area contributed by atoms with Crippen molar-refractivity contribution in [2.24, 2.45) is 0 Å². The number of hydrogen-bond acceptors (Lipinski definition) is 8. The van der Waals surface area contributed by atoms with Gasteiger partial charge in [0.05, 0.1) is 12.7 Å². The first-order valence-corrected chi connectivity index (χ1v) is 8.07. The van der Waals surface area contributed by atoms with Gasteiger partial charge in [-0.3, -0.25) is 9.89 Å². The number of pyridine rings is 1. The predicted molar refractivity (Wildman–Crippen MR) is 90.9 cm³/mol. The third-order valence-corrected chi connectivity index (χ3v) is 4.03. The molecule has 1 aromatic carbocycles. The van der Waals surface area contributed by atoms with Gasteiger partial charge in [-0.05, 0) is 30.3 Å². The number of H-pyrrole nitrogens is 1. The first-order valence-electron chi connectivity index (χ1n) is 8.07. The first kappa shape index (κ1) is 15.3. The van der Waals surface area contributed by atoms with E-state index >= 15 is 0 Å². The van der Waals surface area contributed by atoms with Gasteiger partial charge in [0.25, 0.3) is 11.8 Å². The number of rotatable bonds is 4. The van der Waals surface area contributed by atoms with Crippen molar-refractivity contribution in [3.05, 3.63) is 48.0 Å². The number of fused-ring (bicyclic) bond motifs is 2. The van der Waals surface area contributed by atoms with Gasteiger partial charge in [0.1, 0.15) is 5.69 Å². The molecule has 0 spiro atoms. The standard InChI is InChI=1S/C17H12N6O4/c24-16(11-3-1-10-6-19-22-15(10)20-11)18-7-14-21-17(27-23-14)9-2-4-12-13(5-9)26-8-25-12/h1-6H,7-8H2,(H,18,24)(H,19,20,22). The van der Waals surface area contributed by atoms with E-state index in [0.29, 0.717) is 34.4 Å². The molecule has 4 aromatic rings. The summed E-state index contributed by atoms with van der Waals surface area (Å²) in [6.07, 6.45) is 1.64. The molecule has 10 nitrogen and oxygen atoms in total. The minimum Gasteiger partial charge on any atom is -0.454 e. The summed E-state index contributed by atoms with van der Waals surface area (Å²) in [6, 6.07) is 8.74. The van der Waals surface area contributed by atoms with E-state index in [1.165, 1.54) is 0 Å². The molecule has 134 valence electrons. The van der Waals surface area contributed by atoms with Crippen molar-refractivity contribution in [3.8, 4) is 23.0 Å². The summed E-state index contributed by atoms with van der Waals surface area (Å²) in [5.41, 5.74) is 1.52. The molecule has 3 aromatic heterocycles. The van der Waals surface area contributed by atoms with E-state index in [1.807, 2.05) is 0 Å². The molecular formula is C17H12N6O4. The van der Waals surface area contributed by atoms with Crippen molar-refractivity contribution in [2.75, 3.05) is 6.79 Å². The molecule has 2 N–H and O–H groups in total. The second-order valence-electron chi connectivity index (χ2n) is 5.77. The van der Waals surface area contributed by atoms with E-state index in [1.54, 1.807) is 36.5 Å². The molecule has 1 amide bonds. The van der Waals surface area contributed by atoms with Crippen LogP contribution in [0.3, 0.4) is 0 Å². The third-order valence-electron chi connectivity index (χ3n) is 4.03. The first-order chi connectivity index (χ1) is 13.3. The molecule has 0 atom stereocenters. The third kappa shape index (κ3) is 2.82. The SMILES string of the molecule is O=C(NCc1noc(-c2ccc3c(c2)OCO3)n1)c1ccc2cn[nH]c2n1. The number of aromatic nitrogens is 5. The quantitative estimate of drug-likeness (QED) is 0.559. The fourth-order valence-electron chi connectivity index (χ4n) is 2.68. The van der Waals surface area contributed by atoms with Crippen molar-refractivity contribution >= 4 is 16.9 Å². The summed E-state index contributed by atoms with van der Waals surface area (Å²) in [5, 5.41) is 14.0. The Kier molecular flexibility index (Phi) is 3.46. The molecule has 10 heteroatoms. The Morgan fingerprint density at radius 2 is 2.07 bits per heavy atom. The van der Waals surface area contributed by atoms with Gasteiger partial charge in [0, 0.05) is 10.9 Å². The van der Waals surface area contributed by atoms with E-state index < -0.39 is 0 Å². The minimum atomic E-state index is -0.346. The van der Waals surface area contributed by atoms with Crippen LogP contribution in [0, 0.1) is 0 Å². The van der Waals surface area contributed by atoms with E-state index in [9.17, 15) is 4.79 Å². The summed E-state index contributed by atoms with van der Waals surface area (Å²) in [4.78, 5) is 20.8. The summed E-state index contributed by atoms with van der Waals surface area (Å²) < 4.78 is 15.9. The van der Waals surface area contributed by atoms with E-state index in [0.717, 1.165) is 5.39 Å². The number of nitrogens with one attached hydrogen (secondary N) is 2. The second-order valence-corrected chi connectivity index (χ2v) is 5.77. The number of benzene rings is 1. The van der Waals surface area contributed by atoms with Gasteiger partial charge in [-0.25, -0.2) is 4.98 Å². The Hall–Kier alpha value is -3.95. The number of nitrogens with zero attached hydrogens (tertiary/aromatic N) is 4. The van der Waals surface area contributed by atoms with Crippen LogP contribution >= 0.6 is 0 Å². The van der Waals surface area contributed by atoms with Gasteiger partial charge in [-0.2, -0.15) is 10.1 Å². The van der Waals surface area contributed by atoms with Gasteiger partial charge in [-0.1, -0.05) is 5.16 Å². The van der Waals surface area contributed by atoms with E-state index in [2.05, 4.69) is 30.6 Å². The minimum absolute atomic E-state index is 0.107. The molecule has 0 aliphatic carbocycles. The maximum atomic E-state index is 12.3. The highest BCUT2D eigenvalue weighted by molar-refractivity contribution is 5.94. The van der Waals surface area contributed by atoms with E-state index in [-0.39, 0.29) is 24.9 Å². The molecule has 0 unspecified atom stereocenters. The summed E-state index contributed by atoms with van der Waals surface area (Å²) >= 11 is 0. The largest absolute Gasteiger partial charge is 0.454 e. The number of hydrogen-bond donors (Lipinski definition) is 2. The van der Waals surface area contributed by atoms with Gasteiger partial charge < -0.3 is 19.3 Å². The van der Waals surface area contributed by atoms with Crippen LogP contribution in [0.2, 0.25) is 0 Å². The fraction of sp³-hybridized carbons (Fsp3) is 0.118. The van der Waals surface area contributed by atoms with Crippen molar-refractivity contribution < 1.29 is 18.8 Å². The molecule has 0 bridgehead atoms. The maximum absolute atomic E-state index is 12.3. The molecule has 27 heavy (non-hydrogen) atoms. The fourth-order valence-corrected chi connectivity index (χ4v) is 2.68. The van der Waals surface area contributed by atoms with Crippen LogP contribution in [-0.2, 0) is 6.54 Å². The van der Waals surface area contributed by atoms with Crippen LogP contribution in [-0.4, -0.2) is 38.0 Å². The van der Waals surface area contributed by atoms with Crippen molar-refractivity contribution in [2.45, 2.75) is 6.54 Å². The lowest BCUT2D eigenvalue weighted by atomic mass is 10.2. The lowest BCUT2D eigenvalue weighted by Gasteiger charge is -2.01. The number of carbonyl (C=O) groups excluding carboxylic acids is 1. The monoisotopic (exact) mass is 364 g/mol. The van der Waals surface area contributed by atoms with Crippen LogP contribution in [0.15, 0.2) is 41.1 Å². The van der Waals surface area contributed by atoms with Crippen molar-refractivity contribution in [1.82, 2.24) is 30.6 Å².